The van der Waals surface area contributed by atoms with Crippen LogP contribution in [0.5, 0.6) is 0 Å². The van der Waals surface area contributed by atoms with Crippen LogP contribution in [0.1, 0.15) is 99.3 Å². The van der Waals surface area contributed by atoms with Crippen LogP contribution in [0.15, 0.2) is 121 Å². The van der Waals surface area contributed by atoms with Gasteiger partial charge in [0.15, 0.2) is 0 Å². The number of allylic oxidation sites excluding steroid dienone is 14. The first-order valence-electron chi connectivity index (χ1n) is 26.1. The third kappa shape index (κ3) is 19.2. The third-order valence-electron chi connectivity index (χ3n) is 14.4. The Morgan fingerprint density at radius 3 is 1.36 bits per heavy atom. The summed E-state index contributed by atoms with van der Waals surface area (Å²) in [6.07, 6.45) is 34.0. The van der Waals surface area contributed by atoms with Crippen molar-refractivity contribution < 1.29 is 82.9 Å². The van der Waals surface area contributed by atoms with Crippen molar-refractivity contribution in [3.8, 4) is 0 Å². The molecule has 6 aliphatic rings. The minimum atomic E-state index is -1.25. The molecule has 18 nitrogen and oxygen atoms in total. The van der Waals surface area contributed by atoms with E-state index in [4.69, 9.17) is 53.8 Å². The summed E-state index contributed by atoms with van der Waals surface area (Å²) in [5.74, 6) is -4.07. The van der Waals surface area contributed by atoms with E-state index in [0.717, 1.165) is 57.2 Å². The summed E-state index contributed by atoms with van der Waals surface area (Å²) in [5.41, 5.74) is 10.2. The fraction of sp³-hybridized carbons (Fsp3) is 0.569. The number of aliphatic carboxylic acids is 3. The first-order valence-corrected chi connectivity index (χ1v) is 26.1. The number of nitrogens with two attached hydrogens (primary N) is 1. The molecule has 0 bridgehead atoms. The molecular weight excluding hydrogens is 981 g/mol. The van der Waals surface area contributed by atoms with Crippen molar-refractivity contribution >= 4 is 29.8 Å². The van der Waals surface area contributed by atoms with Crippen LogP contribution in [0.2, 0.25) is 0 Å². The van der Waals surface area contributed by atoms with Crippen LogP contribution in [-0.2, 0) is 61.9 Å². The van der Waals surface area contributed by atoms with Crippen molar-refractivity contribution in [2.45, 2.75) is 164 Å². The zero-order chi connectivity index (χ0) is 56.1. The molecule has 6 rings (SSSR count). The standard InChI is InChI=1S/2C26H34O7.C6H14N2O2/c2*1-18(2)13-14-20-25(3,33-20)24-23(30-4)19(15-16-26(24)17-31-26)32-22(29)12-10-8-6-5-7-9-11-21(27)28;7-4-2-1-3-5(8)6(9)10/h2*5-13,19-20,23-24H,14-17H2,1-4H3,(H,27,28);5H,1-4,7-8H2,(H,9,10)/b2*7-5+,8-6+,11-9+,12-10+;/t2*19-,20-,23-,24-,25+,26+;/m11./s1. The molecule has 0 aromatic rings. The van der Waals surface area contributed by atoms with Gasteiger partial charge in [0, 0.05) is 32.4 Å². The van der Waals surface area contributed by atoms with Gasteiger partial charge >= 0.3 is 23.9 Å². The Hall–Kier alpha value is -5.57. The highest BCUT2D eigenvalue weighted by molar-refractivity contribution is 5.83. The number of epoxide rings is 4. The molecule has 420 valence electrons. The fourth-order valence-electron chi connectivity index (χ4n) is 10.2. The predicted octanol–water partition coefficient (Wildman–Crippen LogP) is 5.31. The second-order valence-corrected chi connectivity index (χ2v) is 20.6. The Morgan fingerprint density at radius 2 is 1.03 bits per heavy atom. The monoisotopic (exact) mass is 1060 g/mol. The van der Waals surface area contributed by atoms with Crippen LogP contribution in [0.4, 0.5) is 0 Å². The maximum Gasteiger partial charge on any atom is 0.331 e. The average Bonchev–Trinajstić information content (AvgIpc) is 4.25. The molecule has 2 aliphatic carbocycles. The Labute approximate surface area is 447 Å². The molecule has 0 aromatic heterocycles. The second kappa shape index (κ2) is 29.8. The van der Waals surface area contributed by atoms with E-state index in [1.807, 2.05) is 0 Å². The van der Waals surface area contributed by atoms with Crippen LogP contribution < -0.4 is 16.6 Å². The van der Waals surface area contributed by atoms with E-state index in [9.17, 15) is 29.1 Å². The molecular formula is C58H82N2O16. The van der Waals surface area contributed by atoms with Crippen molar-refractivity contribution in [3.63, 3.8) is 0 Å². The molecule has 2 saturated carbocycles. The van der Waals surface area contributed by atoms with Gasteiger partial charge in [-0.2, -0.15) is 0 Å². The summed E-state index contributed by atoms with van der Waals surface area (Å²) in [6.45, 7) is 14.8. The Morgan fingerprint density at radius 1 is 0.645 bits per heavy atom. The number of quaternary nitrogens is 1. The quantitative estimate of drug-likeness (QED) is 0.0225. The lowest BCUT2D eigenvalue weighted by Gasteiger charge is -2.42. The van der Waals surface area contributed by atoms with Crippen LogP contribution in [0, 0.1) is 11.8 Å². The number of hydrogen-bond donors (Lipinski definition) is 4. The van der Waals surface area contributed by atoms with Gasteiger partial charge in [0.25, 0.3) is 0 Å². The van der Waals surface area contributed by atoms with Gasteiger partial charge in [0.2, 0.25) is 0 Å². The van der Waals surface area contributed by atoms with E-state index in [1.54, 1.807) is 75.0 Å². The SMILES string of the molecule is CO[C@@H]1[C@H](OC(=O)/C=C/C=C/C=C/C=C/C(=O)O)CC[C@]2(CO2)[C@H]1[C@@]1(C)O[C@@H]1CC=C(C)C.CO[C@@H]1[C@H](OC(=O)/C=C/C=C/C=C/C=C/C(=O)[O-])CC[C@]2(CO2)[C@H]1[C@@]1(C)O[C@@H]1CC=C(C)C.NC(CCCC[NH3+])C(=O)O. The highest BCUT2D eigenvalue weighted by atomic mass is 16.6. The molecule has 18 heteroatoms. The number of carboxylic acid groups (broad SMARTS) is 3. The largest absolute Gasteiger partial charge is 0.545 e. The predicted molar refractivity (Wildman–Crippen MR) is 282 cm³/mol. The summed E-state index contributed by atoms with van der Waals surface area (Å²) in [7, 11) is 3.30. The molecule has 4 saturated heterocycles. The van der Waals surface area contributed by atoms with Crippen LogP contribution >= 0.6 is 0 Å². The molecule has 4 aliphatic heterocycles. The van der Waals surface area contributed by atoms with E-state index in [-0.39, 0.29) is 70.9 Å². The number of carbonyl (C=O) groups excluding carboxylic acids is 3. The minimum Gasteiger partial charge on any atom is -0.545 e. The molecule has 7 N–H and O–H groups in total. The average molecular weight is 1060 g/mol. The Kier molecular flexibility index (Phi) is 24.7. The number of rotatable bonds is 25. The zero-order valence-corrected chi connectivity index (χ0v) is 45.5. The molecule has 0 amide bonds. The van der Waals surface area contributed by atoms with E-state index in [2.05, 4.69) is 59.4 Å². The first-order chi connectivity index (χ1) is 36.1. The molecule has 6 fully saturated rings. The normalized spacial score (nSPS) is 32.7. The van der Waals surface area contributed by atoms with Crippen molar-refractivity contribution in [3.05, 3.63) is 121 Å². The minimum absolute atomic E-state index is 0.00928. The summed E-state index contributed by atoms with van der Waals surface area (Å²) >= 11 is 0. The highest BCUT2D eigenvalue weighted by Crippen LogP contribution is 2.61. The molecule has 4 heterocycles. The summed E-state index contributed by atoms with van der Waals surface area (Å²) in [5, 5.41) is 27.1. The van der Waals surface area contributed by atoms with Gasteiger partial charge in [0.1, 0.15) is 52.9 Å². The van der Waals surface area contributed by atoms with Crippen molar-refractivity contribution in [2.24, 2.45) is 17.6 Å². The molecule has 76 heavy (non-hydrogen) atoms. The zero-order valence-electron chi connectivity index (χ0n) is 45.5. The van der Waals surface area contributed by atoms with Crippen LogP contribution in [0.25, 0.3) is 0 Å². The Bertz CT molecular complexity index is 2130. The molecule has 0 aromatic carbocycles. The maximum atomic E-state index is 12.4. The van der Waals surface area contributed by atoms with E-state index in [1.165, 1.54) is 35.5 Å². The molecule has 13 atom stereocenters. The lowest BCUT2D eigenvalue weighted by Crippen LogP contribution is -2.55. The highest BCUT2D eigenvalue weighted by Gasteiger charge is 2.73. The Balaban J connectivity index is 0.000000279. The third-order valence-corrected chi connectivity index (χ3v) is 14.4. The first kappa shape index (κ1) is 63.0. The fourth-order valence-corrected chi connectivity index (χ4v) is 10.2. The van der Waals surface area contributed by atoms with Gasteiger partial charge in [-0.15, -0.1) is 0 Å². The summed E-state index contributed by atoms with van der Waals surface area (Å²) in [4.78, 5) is 55.6. The number of carboxylic acids is 3. The van der Waals surface area contributed by atoms with Crippen molar-refractivity contribution in [1.29, 1.82) is 0 Å². The van der Waals surface area contributed by atoms with Gasteiger partial charge in [-0.25, -0.2) is 14.4 Å². The summed E-state index contributed by atoms with van der Waals surface area (Å²) < 4.78 is 47.5. The second-order valence-electron chi connectivity index (χ2n) is 20.6. The maximum absolute atomic E-state index is 12.4. The number of unbranched alkanes of at least 4 members (excludes halogenated alkanes) is 1. The van der Waals surface area contributed by atoms with Gasteiger partial charge < -0.3 is 69.5 Å². The molecule has 2 spiro atoms. The van der Waals surface area contributed by atoms with Crippen LogP contribution in [-0.4, -0.2) is 139 Å². The molecule has 1 unspecified atom stereocenters. The number of hydrogen-bond acceptors (Lipinski definition) is 15. The molecule has 0 radical (unpaired) electrons. The number of ether oxygens (including phenoxy) is 8. The van der Waals surface area contributed by atoms with E-state index >= 15 is 0 Å². The van der Waals surface area contributed by atoms with Crippen LogP contribution in [0.3, 0.4) is 0 Å². The van der Waals surface area contributed by atoms with Crippen molar-refractivity contribution in [2.75, 3.05) is 34.0 Å². The van der Waals surface area contributed by atoms with E-state index < -0.39 is 35.9 Å². The van der Waals surface area contributed by atoms with Gasteiger partial charge in [-0.3, -0.25) is 4.79 Å². The lowest BCUT2D eigenvalue weighted by molar-refractivity contribution is -0.368. The van der Waals surface area contributed by atoms with Gasteiger partial charge in [-0.1, -0.05) is 96.2 Å². The van der Waals surface area contributed by atoms with Crippen molar-refractivity contribution in [1.82, 2.24) is 0 Å². The number of methoxy groups -OCH3 is 2. The van der Waals surface area contributed by atoms with E-state index in [0.29, 0.717) is 32.5 Å². The summed E-state index contributed by atoms with van der Waals surface area (Å²) in [6, 6.07) is -0.688. The topological polar surface area (TPSA) is 290 Å². The smallest absolute Gasteiger partial charge is 0.331 e. The van der Waals surface area contributed by atoms with Gasteiger partial charge in [0.05, 0.1) is 49.8 Å². The lowest BCUT2D eigenvalue weighted by atomic mass is 9.68. The number of esters is 2. The van der Waals surface area contributed by atoms with Gasteiger partial charge in [-0.05, 0) is 105 Å². The number of carbonyl (C=O) groups is 5.